The summed E-state index contributed by atoms with van der Waals surface area (Å²) in [6, 6.07) is 14.5. The van der Waals surface area contributed by atoms with Gasteiger partial charge < -0.3 is 16.0 Å². The van der Waals surface area contributed by atoms with Gasteiger partial charge in [-0.15, -0.1) is 0 Å². The largest absolute Gasteiger partial charge is 0.326 e. The van der Waals surface area contributed by atoms with Crippen molar-refractivity contribution in [2.45, 2.75) is 27.3 Å². The van der Waals surface area contributed by atoms with Crippen LogP contribution >= 0.6 is 0 Å². The molecule has 3 N–H and O–H groups in total. The Morgan fingerprint density at radius 1 is 0.812 bits per heavy atom. The molecule has 0 radical (unpaired) electrons. The highest BCUT2D eigenvalue weighted by molar-refractivity contribution is 6.02. The lowest BCUT2D eigenvalue weighted by Crippen LogP contribution is -2.31. The fourth-order valence-electron chi connectivity index (χ4n) is 2.87. The highest BCUT2D eigenvalue weighted by Crippen LogP contribution is 2.15. The molecule has 0 spiro atoms. The Bertz CT molecular complexity index is 1230. The van der Waals surface area contributed by atoms with Crippen molar-refractivity contribution >= 4 is 34.8 Å². The van der Waals surface area contributed by atoms with Gasteiger partial charge in [0.1, 0.15) is 12.2 Å². The Morgan fingerprint density at radius 3 is 2.06 bits per heavy atom. The average Bonchev–Trinajstić information content (AvgIpc) is 2.73. The molecular formula is C23H23N5O4. The van der Waals surface area contributed by atoms with Crippen molar-refractivity contribution in [2.24, 2.45) is 0 Å². The van der Waals surface area contributed by atoms with Crippen molar-refractivity contribution < 1.29 is 14.4 Å². The van der Waals surface area contributed by atoms with Crippen LogP contribution in [0.4, 0.5) is 17.1 Å². The molecule has 0 saturated carbocycles. The third-order valence-electron chi connectivity index (χ3n) is 4.65. The maximum atomic E-state index is 12.5. The minimum atomic E-state index is -0.510. The number of carbonyl (C=O) groups excluding carboxylic acids is 3. The van der Waals surface area contributed by atoms with Crippen LogP contribution in [0, 0.1) is 13.8 Å². The van der Waals surface area contributed by atoms with Crippen LogP contribution in [0.3, 0.4) is 0 Å². The van der Waals surface area contributed by atoms with Gasteiger partial charge in [0, 0.05) is 30.1 Å². The van der Waals surface area contributed by atoms with Crippen molar-refractivity contribution in [1.29, 1.82) is 0 Å². The SMILES string of the molecule is CC(=O)Nc1ccc(NC(=O)Cn2nc(C(=O)Nc3ccc(C)c(C)c3)ccc2=O)cc1. The van der Waals surface area contributed by atoms with Crippen molar-refractivity contribution in [1.82, 2.24) is 9.78 Å². The first-order chi connectivity index (χ1) is 15.2. The summed E-state index contributed by atoms with van der Waals surface area (Å²) in [5.74, 6) is -1.18. The zero-order valence-corrected chi connectivity index (χ0v) is 17.9. The van der Waals surface area contributed by atoms with Crippen molar-refractivity contribution in [2.75, 3.05) is 16.0 Å². The quantitative estimate of drug-likeness (QED) is 0.552. The number of nitrogens with zero attached hydrogens (tertiary/aromatic N) is 2. The molecule has 9 nitrogen and oxygen atoms in total. The van der Waals surface area contributed by atoms with E-state index in [4.69, 9.17) is 0 Å². The Labute approximate surface area is 184 Å². The monoisotopic (exact) mass is 433 g/mol. The average molecular weight is 433 g/mol. The van der Waals surface area contributed by atoms with E-state index in [-0.39, 0.29) is 18.1 Å². The smallest absolute Gasteiger partial charge is 0.276 e. The molecule has 0 bridgehead atoms. The highest BCUT2D eigenvalue weighted by atomic mass is 16.2. The van der Waals surface area contributed by atoms with Crippen molar-refractivity contribution in [3.8, 4) is 0 Å². The molecule has 2 aromatic carbocycles. The number of aryl methyl sites for hydroxylation is 2. The molecule has 164 valence electrons. The minimum Gasteiger partial charge on any atom is -0.326 e. The van der Waals surface area contributed by atoms with Crippen LogP contribution in [-0.2, 0) is 16.1 Å². The van der Waals surface area contributed by atoms with E-state index >= 15 is 0 Å². The van der Waals surface area contributed by atoms with E-state index in [0.717, 1.165) is 15.8 Å². The first-order valence-electron chi connectivity index (χ1n) is 9.85. The van der Waals surface area contributed by atoms with Crippen molar-refractivity contribution in [3.63, 3.8) is 0 Å². The van der Waals surface area contributed by atoms with Gasteiger partial charge in [-0.25, -0.2) is 4.68 Å². The predicted octanol–water partition coefficient (Wildman–Crippen LogP) is 2.71. The molecule has 0 unspecified atom stereocenters. The molecule has 32 heavy (non-hydrogen) atoms. The molecule has 3 aromatic rings. The zero-order chi connectivity index (χ0) is 23.3. The number of benzene rings is 2. The van der Waals surface area contributed by atoms with Gasteiger partial charge in [-0.2, -0.15) is 5.10 Å². The van der Waals surface area contributed by atoms with Crippen LogP contribution in [0.2, 0.25) is 0 Å². The van der Waals surface area contributed by atoms with Crippen LogP contribution in [-0.4, -0.2) is 27.5 Å². The van der Waals surface area contributed by atoms with E-state index in [1.165, 1.54) is 19.1 Å². The van der Waals surface area contributed by atoms with E-state index in [0.29, 0.717) is 17.1 Å². The van der Waals surface area contributed by atoms with Gasteiger partial charge in [0.2, 0.25) is 11.8 Å². The number of rotatable bonds is 6. The second kappa shape index (κ2) is 9.69. The fourth-order valence-corrected chi connectivity index (χ4v) is 2.87. The Balaban J connectivity index is 1.67. The van der Waals surface area contributed by atoms with Crippen LogP contribution in [0.5, 0.6) is 0 Å². The molecule has 3 amide bonds. The molecule has 0 atom stereocenters. The molecule has 0 aliphatic heterocycles. The first-order valence-corrected chi connectivity index (χ1v) is 9.85. The van der Waals surface area contributed by atoms with Gasteiger partial charge in [0.25, 0.3) is 11.5 Å². The molecule has 0 fully saturated rings. The molecular weight excluding hydrogens is 410 g/mol. The maximum Gasteiger partial charge on any atom is 0.276 e. The lowest BCUT2D eigenvalue weighted by atomic mass is 10.1. The second-order valence-corrected chi connectivity index (χ2v) is 7.27. The number of hydrogen-bond acceptors (Lipinski definition) is 5. The van der Waals surface area contributed by atoms with E-state index in [1.807, 2.05) is 26.0 Å². The number of hydrogen-bond donors (Lipinski definition) is 3. The van der Waals surface area contributed by atoms with Gasteiger partial charge in [0.15, 0.2) is 0 Å². The Hall–Kier alpha value is -4.27. The number of nitrogens with one attached hydrogen (secondary N) is 3. The number of anilines is 3. The summed E-state index contributed by atoms with van der Waals surface area (Å²) in [5, 5.41) is 12.0. The normalized spacial score (nSPS) is 10.3. The summed E-state index contributed by atoms with van der Waals surface area (Å²) in [6.45, 7) is 4.95. The van der Waals surface area contributed by atoms with E-state index in [9.17, 15) is 19.2 Å². The molecule has 0 aliphatic rings. The van der Waals surface area contributed by atoms with Crippen LogP contribution < -0.4 is 21.5 Å². The van der Waals surface area contributed by atoms with Crippen molar-refractivity contribution in [3.05, 3.63) is 81.8 Å². The van der Waals surface area contributed by atoms with Gasteiger partial charge in [-0.1, -0.05) is 6.07 Å². The van der Waals surface area contributed by atoms with Gasteiger partial charge >= 0.3 is 0 Å². The topological polar surface area (TPSA) is 122 Å². The number of carbonyl (C=O) groups is 3. The highest BCUT2D eigenvalue weighted by Gasteiger charge is 2.13. The molecule has 9 heteroatoms. The lowest BCUT2D eigenvalue weighted by Gasteiger charge is -2.10. The summed E-state index contributed by atoms with van der Waals surface area (Å²) in [7, 11) is 0. The Morgan fingerprint density at radius 2 is 1.44 bits per heavy atom. The molecule has 0 aliphatic carbocycles. The van der Waals surface area contributed by atoms with Gasteiger partial charge in [-0.3, -0.25) is 19.2 Å². The molecule has 0 saturated heterocycles. The third-order valence-corrected chi connectivity index (χ3v) is 4.65. The molecule has 1 aromatic heterocycles. The Kier molecular flexibility index (Phi) is 6.79. The molecule has 3 rings (SSSR count). The summed E-state index contributed by atoms with van der Waals surface area (Å²) in [5.41, 5.74) is 3.32. The minimum absolute atomic E-state index is 0.00953. The van der Waals surface area contributed by atoms with E-state index in [1.54, 1.807) is 30.3 Å². The van der Waals surface area contributed by atoms with Gasteiger partial charge in [0.05, 0.1) is 0 Å². The maximum absolute atomic E-state index is 12.5. The zero-order valence-electron chi connectivity index (χ0n) is 17.9. The number of aromatic nitrogens is 2. The standard InChI is InChI=1S/C23H23N5O4/c1-14-4-5-19(12-15(14)2)26-23(32)20-10-11-22(31)28(27-20)13-21(30)25-18-8-6-17(7-9-18)24-16(3)29/h4-12H,13H2,1-3H3,(H,24,29)(H,25,30)(H,26,32). The summed E-state index contributed by atoms with van der Waals surface area (Å²) in [6.07, 6.45) is 0. The summed E-state index contributed by atoms with van der Waals surface area (Å²) >= 11 is 0. The molecule has 1 heterocycles. The lowest BCUT2D eigenvalue weighted by molar-refractivity contribution is -0.117. The van der Waals surface area contributed by atoms with Gasteiger partial charge in [-0.05, 0) is 67.4 Å². The summed E-state index contributed by atoms with van der Waals surface area (Å²) < 4.78 is 0.927. The predicted molar refractivity (Wildman–Crippen MR) is 122 cm³/mol. The first kappa shape index (κ1) is 22.4. The third kappa shape index (κ3) is 5.88. The fraction of sp³-hybridized carbons (Fsp3) is 0.174. The van der Waals surface area contributed by atoms with E-state index in [2.05, 4.69) is 21.0 Å². The number of amides is 3. The summed E-state index contributed by atoms with van der Waals surface area (Å²) in [4.78, 5) is 48.1. The van der Waals surface area contributed by atoms with Crippen LogP contribution in [0.25, 0.3) is 0 Å². The van der Waals surface area contributed by atoms with E-state index < -0.39 is 17.4 Å². The van der Waals surface area contributed by atoms with Crippen LogP contribution in [0.15, 0.2) is 59.4 Å². The second-order valence-electron chi connectivity index (χ2n) is 7.27. The van der Waals surface area contributed by atoms with Crippen LogP contribution in [0.1, 0.15) is 28.5 Å².